The lowest BCUT2D eigenvalue weighted by Gasteiger charge is -1.98. The molecule has 0 unspecified atom stereocenters. The molecule has 2 heteroatoms. The van der Waals surface area contributed by atoms with E-state index in [-0.39, 0.29) is 0 Å². The summed E-state index contributed by atoms with van der Waals surface area (Å²) in [5, 5.41) is 11.8. The Bertz CT molecular complexity index is 277. The van der Waals surface area contributed by atoms with Gasteiger partial charge in [0, 0.05) is 18.5 Å². The van der Waals surface area contributed by atoms with Crippen LogP contribution in [0.4, 0.5) is 0 Å². The lowest BCUT2D eigenvalue weighted by Crippen LogP contribution is -2.09. The van der Waals surface area contributed by atoms with Gasteiger partial charge in [-0.05, 0) is 18.7 Å². The van der Waals surface area contributed by atoms with Crippen molar-refractivity contribution in [3.8, 4) is 6.07 Å². The highest BCUT2D eigenvalue weighted by Gasteiger charge is 1.98. The molecular weight excluding hydrogens is 148 g/mol. The minimum Gasteiger partial charge on any atom is -0.316 e. The van der Waals surface area contributed by atoms with Crippen LogP contribution in [0.3, 0.4) is 0 Å². The van der Waals surface area contributed by atoms with Crippen LogP contribution in [0.25, 0.3) is 0 Å². The molecule has 0 aliphatic heterocycles. The molecule has 0 amide bonds. The maximum absolute atomic E-state index is 8.70. The Balaban J connectivity index is 2.78. The summed E-state index contributed by atoms with van der Waals surface area (Å²) in [5.41, 5.74) is 1.98. The quantitative estimate of drug-likeness (QED) is 0.665. The van der Waals surface area contributed by atoms with Crippen molar-refractivity contribution in [2.45, 2.75) is 6.42 Å². The van der Waals surface area contributed by atoms with Crippen LogP contribution in [-0.4, -0.2) is 13.6 Å². The van der Waals surface area contributed by atoms with Crippen LogP contribution < -0.4 is 5.32 Å². The van der Waals surface area contributed by atoms with Gasteiger partial charge < -0.3 is 5.32 Å². The summed E-state index contributed by atoms with van der Waals surface area (Å²) in [4.78, 5) is 0. The fourth-order valence-electron chi connectivity index (χ4n) is 1.11. The van der Waals surface area contributed by atoms with E-state index in [0.717, 1.165) is 24.1 Å². The number of hydrogen-bond donors (Lipinski definition) is 1. The highest BCUT2D eigenvalue weighted by atomic mass is 14.8. The molecule has 62 valence electrons. The zero-order valence-electron chi connectivity index (χ0n) is 7.17. The average molecular weight is 160 g/mol. The highest BCUT2D eigenvalue weighted by molar-refractivity contribution is 5.38. The van der Waals surface area contributed by atoms with Gasteiger partial charge in [0.05, 0.1) is 6.07 Å². The molecule has 1 N–H and O–H groups in total. The third kappa shape index (κ3) is 2.37. The van der Waals surface area contributed by atoms with Crippen molar-refractivity contribution in [2.75, 3.05) is 13.6 Å². The average Bonchev–Trinajstić information content (AvgIpc) is 2.30. The van der Waals surface area contributed by atoms with Gasteiger partial charge in [-0.15, -0.1) is 0 Å². The molecule has 0 saturated carbocycles. The Morgan fingerprint density at radius 1 is 1.67 bits per heavy atom. The third-order valence-electron chi connectivity index (χ3n) is 1.67. The first-order valence-electron chi connectivity index (χ1n) is 3.98. The SMILES string of the molecule is CNCC1=CC=CCC(C#N)=C1. The minimum absolute atomic E-state index is 0.750. The Kier molecular flexibility index (Phi) is 3.31. The summed E-state index contributed by atoms with van der Waals surface area (Å²) in [6.07, 6.45) is 8.71. The van der Waals surface area contributed by atoms with E-state index in [1.54, 1.807) is 0 Å². The molecule has 12 heavy (non-hydrogen) atoms. The molecule has 2 nitrogen and oxygen atoms in total. The fourth-order valence-corrected chi connectivity index (χ4v) is 1.11. The van der Waals surface area contributed by atoms with Gasteiger partial charge in [-0.2, -0.15) is 5.26 Å². The number of rotatable bonds is 2. The zero-order chi connectivity index (χ0) is 8.81. The van der Waals surface area contributed by atoms with Gasteiger partial charge in [0.15, 0.2) is 0 Å². The molecule has 0 fully saturated rings. The lowest BCUT2D eigenvalue weighted by molar-refractivity contribution is 0.895. The number of allylic oxidation sites excluding steroid dienone is 4. The van der Waals surface area contributed by atoms with E-state index in [0.29, 0.717) is 0 Å². The first-order chi connectivity index (χ1) is 5.86. The van der Waals surface area contributed by atoms with Gasteiger partial charge in [0.1, 0.15) is 0 Å². The van der Waals surface area contributed by atoms with Crippen LogP contribution in [0.2, 0.25) is 0 Å². The van der Waals surface area contributed by atoms with E-state index in [1.807, 2.05) is 31.4 Å². The number of nitrogens with zero attached hydrogens (tertiary/aromatic N) is 1. The second kappa shape index (κ2) is 4.53. The molecular formula is C10H12N2. The van der Waals surface area contributed by atoms with E-state index < -0.39 is 0 Å². The number of hydrogen-bond acceptors (Lipinski definition) is 2. The maximum atomic E-state index is 8.70. The molecule has 0 aromatic carbocycles. The van der Waals surface area contributed by atoms with Crippen LogP contribution in [0.5, 0.6) is 0 Å². The van der Waals surface area contributed by atoms with Gasteiger partial charge in [-0.25, -0.2) is 0 Å². The van der Waals surface area contributed by atoms with Crippen molar-refractivity contribution in [1.29, 1.82) is 5.26 Å². The molecule has 0 aromatic rings. The van der Waals surface area contributed by atoms with E-state index in [4.69, 9.17) is 5.26 Å². The van der Waals surface area contributed by atoms with Crippen LogP contribution in [0.1, 0.15) is 6.42 Å². The van der Waals surface area contributed by atoms with Crippen LogP contribution >= 0.6 is 0 Å². The molecule has 0 aromatic heterocycles. The summed E-state index contributed by atoms with van der Waals surface area (Å²) >= 11 is 0. The Morgan fingerprint density at radius 3 is 3.17 bits per heavy atom. The topological polar surface area (TPSA) is 35.8 Å². The zero-order valence-corrected chi connectivity index (χ0v) is 7.17. The first-order valence-corrected chi connectivity index (χ1v) is 3.98. The van der Waals surface area contributed by atoms with Crippen molar-refractivity contribution in [1.82, 2.24) is 5.32 Å². The predicted molar refractivity (Wildman–Crippen MR) is 49.5 cm³/mol. The van der Waals surface area contributed by atoms with Crippen LogP contribution in [-0.2, 0) is 0 Å². The van der Waals surface area contributed by atoms with E-state index in [1.165, 1.54) is 0 Å². The molecule has 0 radical (unpaired) electrons. The largest absolute Gasteiger partial charge is 0.316 e. The summed E-state index contributed by atoms with van der Waals surface area (Å²) in [6, 6.07) is 2.17. The Hall–Kier alpha value is -1.33. The number of likely N-dealkylation sites (N-methyl/N-ethyl adjacent to an activating group) is 1. The first kappa shape index (κ1) is 8.76. The number of nitriles is 1. The van der Waals surface area contributed by atoms with Gasteiger partial charge in [-0.1, -0.05) is 18.2 Å². The summed E-state index contributed by atoms with van der Waals surface area (Å²) < 4.78 is 0. The lowest BCUT2D eigenvalue weighted by atomic mass is 10.1. The smallest absolute Gasteiger partial charge is 0.0950 e. The predicted octanol–water partition coefficient (Wildman–Crippen LogP) is 1.54. The van der Waals surface area contributed by atoms with Gasteiger partial charge in [0.25, 0.3) is 0 Å². The second-order valence-electron chi connectivity index (χ2n) is 2.69. The second-order valence-corrected chi connectivity index (χ2v) is 2.69. The van der Waals surface area contributed by atoms with Crippen molar-refractivity contribution in [2.24, 2.45) is 0 Å². The van der Waals surface area contributed by atoms with E-state index in [2.05, 4.69) is 11.4 Å². The Labute approximate surface area is 72.9 Å². The molecule has 0 spiro atoms. The fraction of sp³-hybridized carbons (Fsp3) is 0.300. The standard InChI is InChI=1S/C10H12N2/c1-12-8-10-5-3-2-4-9(6-10)7-11/h2-3,5-6,12H,4,8H2,1H3. The monoisotopic (exact) mass is 160 g/mol. The van der Waals surface area contributed by atoms with Gasteiger partial charge >= 0.3 is 0 Å². The van der Waals surface area contributed by atoms with Crippen molar-refractivity contribution >= 4 is 0 Å². The summed E-state index contributed by atoms with van der Waals surface area (Å²) in [6.45, 7) is 0.815. The normalized spacial score (nSPS) is 16.0. The highest BCUT2D eigenvalue weighted by Crippen LogP contribution is 2.10. The Morgan fingerprint density at radius 2 is 2.50 bits per heavy atom. The summed E-state index contributed by atoms with van der Waals surface area (Å²) in [7, 11) is 1.90. The molecule has 1 aliphatic carbocycles. The van der Waals surface area contributed by atoms with Crippen LogP contribution in [0, 0.1) is 11.3 Å². The van der Waals surface area contributed by atoms with Crippen molar-refractivity contribution < 1.29 is 0 Å². The minimum atomic E-state index is 0.750. The van der Waals surface area contributed by atoms with E-state index in [9.17, 15) is 0 Å². The van der Waals surface area contributed by atoms with Gasteiger partial charge in [0.2, 0.25) is 0 Å². The number of nitrogens with one attached hydrogen (secondary N) is 1. The van der Waals surface area contributed by atoms with Crippen LogP contribution in [0.15, 0.2) is 35.5 Å². The molecule has 0 heterocycles. The van der Waals surface area contributed by atoms with Gasteiger partial charge in [-0.3, -0.25) is 0 Å². The summed E-state index contributed by atoms with van der Waals surface area (Å²) in [5.74, 6) is 0. The maximum Gasteiger partial charge on any atom is 0.0950 e. The molecule has 1 rings (SSSR count). The third-order valence-corrected chi connectivity index (χ3v) is 1.67. The molecule has 0 atom stereocenters. The van der Waals surface area contributed by atoms with Crippen molar-refractivity contribution in [3.05, 3.63) is 35.5 Å². The molecule has 1 aliphatic rings. The molecule has 0 bridgehead atoms. The molecule has 0 saturated heterocycles. The van der Waals surface area contributed by atoms with Crippen molar-refractivity contribution in [3.63, 3.8) is 0 Å². The van der Waals surface area contributed by atoms with E-state index >= 15 is 0 Å².